The third kappa shape index (κ3) is 1.72. The van der Waals surface area contributed by atoms with Gasteiger partial charge in [0.25, 0.3) is 0 Å². The summed E-state index contributed by atoms with van der Waals surface area (Å²) in [5.41, 5.74) is -0.282. The van der Waals surface area contributed by atoms with E-state index in [4.69, 9.17) is 9.47 Å². The highest BCUT2D eigenvalue weighted by atomic mass is 16.5. The number of nitrogens with one attached hydrogen (secondary N) is 1. The molecule has 1 aromatic rings. The second-order valence-electron chi connectivity index (χ2n) is 3.84. The fourth-order valence-electron chi connectivity index (χ4n) is 1.98. The molecule has 0 amide bonds. The minimum absolute atomic E-state index is 0.111. The Morgan fingerprint density at radius 2 is 2.41 bits per heavy atom. The molecule has 1 aliphatic heterocycles. The second-order valence-corrected chi connectivity index (χ2v) is 3.84. The molecule has 5 nitrogen and oxygen atoms in total. The summed E-state index contributed by atoms with van der Waals surface area (Å²) in [6, 6.07) is 4.69. The molecule has 1 aromatic carbocycles. The lowest BCUT2D eigenvalue weighted by atomic mass is 9.92. The average Bonchev–Trinajstić information content (AvgIpc) is 2.68. The summed E-state index contributed by atoms with van der Waals surface area (Å²) >= 11 is 0. The number of rotatable bonds is 3. The van der Waals surface area contributed by atoms with Crippen molar-refractivity contribution >= 4 is 5.97 Å². The van der Waals surface area contributed by atoms with Gasteiger partial charge in [-0.25, -0.2) is 4.79 Å². The van der Waals surface area contributed by atoms with Crippen LogP contribution in [0.25, 0.3) is 0 Å². The number of phenols is 1. The first-order valence-corrected chi connectivity index (χ1v) is 5.46. The highest BCUT2D eigenvalue weighted by Crippen LogP contribution is 2.39. The van der Waals surface area contributed by atoms with E-state index in [-0.39, 0.29) is 18.3 Å². The Balaban J connectivity index is 2.43. The van der Waals surface area contributed by atoms with Gasteiger partial charge in [-0.2, -0.15) is 0 Å². The monoisotopic (exact) mass is 237 g/mol. The van der Waals surface area contributed by atoms with E-state index in [1.165, 1.54) is 12.1 Å². The van der Waals surface area contributed by atoms with Crippen molar-refractivity contribution in [2.45, 2.75) is 12.5 Å². The molecule has 2 rings (SSSR count). The highest BCUT2D eigenvalue weighted by molar-refractivity contribution is 5.85. The first kappa shape index (κ1) is 11.7. The Bertz CT molecular complexity index is 446. The molecule has 1 aliphatic rings. The minimum Gasteiger partial charge on any atom is -0.508 e. The lowest BCUT2D eigenvalue weighted by Crippen LogP contribution is -2.49. The van der Waals surface area contributed by atoms with E-state index in [9.17, 15) is 9.90 Å². The third-order valence-electron chi connectivity index (χ3n) is 2.92. The minimum atomic E-state index is -0.973. The summed E-state index contributed by atoms with van der Waals surface area (Å²) in [6.07, 6.45) is 0. The smallest absolute Gasteiger partial charge is 0.334 e. The van der Waals surface area contributed by atoms with Gasteiger partial charge < -0.3 is 14.6 Å². The van der Waals surface area contributed by atoms with Crippen LogP contribution in [0.5, 0.6) is 11.5 Å². The van der Waals surface area contributed by atoms with Crippen LogP contribution in [0.15, 0.2) is 18.2 Å². The van der Waals surface area contributed by atoms with E-state index in [1.807, 2.05) is 0 Å². The van der Waals surface area contributed by atoms with Gasteiger partial charge in [0.05, 0.1) is 6.61 Å². The molecule has 17 heavy (non-hydrogen) atoms. The molecule has 5 heteroatoms. The number of likely N-dealkylation sites (N-methyl/N-ethyl adjacent to an activating group) is 1. The van der Waals surface area contributed by atoms with Crippen LogP contribution >= 0.6 is 0 Å². The van der Waals surface area contributed by atoms with Crippen LogP contribution in [0.2, 0.25) is 0 Å². The van der Waals surface area contributed by atoms with Crippen molar-refractivity contribution in [2.75, 3.05) is 20.3 Å². The van der Waals surface area contributed by atoms with Gasteiger partial charge in [-0.15, -0.1) is 0 Å². The van der Waals surface area contributed by atoms with Crippen LogP contribution < -0.4 is 10.1 Å². The number of carbonyl (C=O) groups excluding carboxylic acids is 1. The van der Waals surface area contributed by atoms with Crippen LogP contribution in [0.4, 0.5) is 0 Å². The standard InChI is InChI=1S/C12H15NO4/c1-3-16-11(15)12(13-2)7-17-10-6-8(14)4-5-9(10)12/h4-6,13-14H,3,7H2,1-2H3. The lowest BCUT2D eigenvalue weighted by Gasteiger charge is -2.24. The first-order valence-electron chi connectivity index (χ1n) is 5.46. The molecule has 1 unspecified atom stereocenters. The summed E-state index contributed by atoms with van der Waals surface area (Å²) in [5.74, 6) is 0.249. The number of esters is 1. The molecule has 0 saturated heterocycles. The highest BCUT2D eigenvalue weighted by Gasteiger charge is 2.47. The van der Waals surface area contributed by atoms with Crippen molar-refractivity contribution in [1.29, 1.82) is 0 Å². The molecule has 1 heterocycles. The molecule has 0 bridgehead atoms. The molecule has 0 saturated carbocycles. The normalized spacial score (nSPS) is 21.8. The van der Waals surface area contributed by atoms with Crippen molar-refractivity contribution in [3.8, 4) is 11.5 Å². The predicted octanol–water partition coefficient (Wildman–Crippen LogP) is 0.762. The maximum absolute atomic E-state index is 12.0. The summed E-state index contributed by atoms with van der Waals surface area (Å²) in [4.78, 5) is 12.0. The quantitative estimate of drug-likeness (QED) is 0.760. The predicted molar refractivity (Wildman–Crippen MR) is 61.0 cm³/mol. The maximum Gasteiger partial charge on any atom is 0.334 e. The van der Waals surface area contributed by atoms with Gasteiger partial charge in [-0.05, 0) is 26.1 Å². The lowest BCUT2D eigenvalue weighted by molar-refractivity contribution is -0.152. The zero-order valence-corrected chi connectivity index (χ0v) is 9.82. The summed E-state index contributed by atoms with van der Waals surface area (Å²) < 4.78 is 10.5. The Morgan fingerprint density at radius 1 is 1.65 bits per heavy atom. The molecule has 0 aromatic heterocycles. The van der Waals surface area contributed by atoms with E-state index in [2.05, 4.69) is 5.32 Å². The van der Waals surface area contributed by atoms with Crippen LogP contribution in [0.3, 0.4) is 0 Å². The summed E-state index contributed by atoms with van der Waals surface area (Å²) in [7, 11) is 1.68. The number of carbonyl (C=O) groups is 1. The summed E-state index contributed by atoms with van der Waals surface area (Å²) in [5, 5.41) is 12.3. The van der Waals surface area contributed by atoms with E-state index < -0.39 is 5.54 Å². The van der Waals surface area contributed by atoms with Crippen molar-refractivity contribution in [3.63, 3.8) is 0 Å². The Morgan fingerprint density at radius 3 is 3.06 bits per heavy atom. The first-order chi connectivity index (χ1) is 8.14. The van der Waals surface area contributed by atoms with Crippen LogP contribution in [-0.2, 0) is 15.1 Å². The van der Waals surface area contributed by atoms with Crippen LogP contribution in [-0.4, -0.2) is 31.3 Å². The largest absolute Gasteiger partial charge is 0.508 e. The van der Waals surface area contributed by atoms with Crippen molar-refractivity contribution in [2.24, 2.45) is 0 Å². The average molecular weight is 237 g/mol. The van der Waals surface area contributed by atoms with E-state index in [0.717, 1.165) is 0 Å². The van der Waals surface area contributed by atoms with Gasteiger partial charge in [0.2, 0.25) is 0 Å². The maximum atomic E-state index is 12.0. The molecular formula is C12H15NO4. The molecule has 2 N–H and O–H groups in total. The van der Waals surface area contributed by atoms with Gasteiger partial charge in [-0.1, -0.05) is 0 Å². The molecule has 1 atom stereocenters. The molecular weight excluding hydrogens is 222 g/mol. The molecule has 0 spiro atoms. The van der Waals surface area contributed by atoms with E-state index >= 15 is 0 Å². The fraction of sp³-hybridized carbons (Fsp3) is 0.417. The number of ether oxygens (including phenoxy) is 2. The van der Waals surface area contributed by atoms with Crippen LogP contribution in [0.1, 0.15) is 12.5 Å². The van der Waals surface area contributed by atoms with Gasteiger partial charge >= 0.3 is 5.97 Å². The van der Waals surface area contributed by atoms with Gasteiger partial charge in [0, 0.05) is 11.6 Å². The van der Waals surface area contributed by atoms with Crippen molar-refractivity contribution in [3.05, 3.63) is 23.8 Å². The number of benzene rings is 1. The van der Waals surface area contributed by atoms with Crippen molar-refractivity contribution < 1.29 is 19.4 Å². The molecule has 0 fully saturated rings. The number of hydrogen-bond donors (Lipinski definition) is 2. The summed E-state index contributed by atoms with van der Waals surface area (Å²) in [6.45, 7) is 2.24. The number of aromatic hydroxyl groups is 1. The van der Waals surface area contributed by atoms with E-state index in [0.29, 0.717) is 17.9 Å². The van der Waals surface area contributed by atoms with Gasteiger partial charge in [0.1, 0.15) is 18.1 Å². The van der Waals surface area contributed by atoms with Crippen LogP contribution in [0, 0.1) is 0 Å². The molecule has 0 radical (unpaired) electrons. The number of hydrogen-bond acceptors (Lipinski definition) is 5. The second kappa shape index (κ2) is 4.25. The Kier molecular flexibility index (Phi) is 2.93. The van der Waals surface area contributed by atoms with Gasteiger partial charge in [0.15, 0.2) is 5.54 Å². The zero-order chi connectivity index (χ0) is 12.5. The zero-order valence-electron chi connectivity index (χ0n) is 9.82. The fourth-order valence-corrected chi connectivity index (χ4v) is 1.98. The molecule has 92 valence electrons. The Hall–Kier alpha value is -1.75. The van der Waals surface area contributed by atoms with Gasteiger partial charge in [-0.3, -0.25) is 5.32 Å². The van der Waals surface area contributed by atoms with E-state index in [1.54, 1.807) is 20.0 Å². The number of fused-ring (bicyclic) bond motifs is 1. The topological polar surface area (TPSA) is 67.8 Å². The van der Waals surface area contributed by atoms with Crippen molar-refractivity contribution in [1.82, 2.24) is 5.32 Å². The third-order valence-corrected chi connectivity index (χ3v) is 2.92. The number of phenolic OH excluding ortho intramolecular Hbond substituents is 1. The molecule has 0 aliphatic carbocycles. The Labute approximate surface area is 99.3 Å². The SMILES string of the molecule is CCOC(=O)C1(NC)COc2cc(O)ccc21.